The van der Waals surface area contributed by atoms with Gasteiger partial charge < -0.3 is 0 Å². The molecule has 1 radical (unpaired) electrons. The lowest BCUT2D eigenvalue weighted by Gasteiger charge is -2.01. The topological polar surface area (TPSA) is 25.8 Å². The Morgan fingerprint density at radius 2 is 1.94 bits per heavy atom. The van der Waals surface area contributed by atoms with E-state index < -0.39 is 0 Å². The number of rotatable bonds is 2. The van der Waals surface area contributed by atoms with Crippen molar-refractivity contribution in [3.05, 3.63) is 61.4 Å². The third kappa shape index (κ3) is 2.14. The second-order valence-electron chi connectivity index (χ2n) is 3.22. The highest BCUT2D eigenvalue weighted by atomic mass is 19.1. The van der Waals surface area contributed by atoms with Crippen LogP contribution in [0.4, 0.5) is 4.39 Å². The van der Waals surface area contributed by atoms with Gasteiger partial charge in [0.15, 0.2) is 0 Å². The van der Waals surface area contributed by atoms with E-state index in [4.69, 9.17) is 0 Å². The molecule has 0 aliphatic carbocycles. The number of halogens is 1. The number of benzene rings is 1. The van der Waals surface area contributed by atoms with Gasteiger partial charge in [-0.1, -0.05) is 24.3 Å². The monoisotopic (exact) mass is 213 g/mol. The molecule has 0 spiro atoms. The van der Waals surface area contributed by atoms with Crippen molar-refractivity contribution in [3.63, 3.8) is 0 Å². The summed E-state index contributed by atoms with van der Waals surface area (Å²) >= 11 is 0. The van der Waals surface area contributed by atoms with Crippen LogP contribution in [0, 0.1) is 6.92 Å². The minimum Gasteiger partial charge on any atom is -0.245 e. The summed E-state index contributed by atoms with van der Waals surface area (Å²) in [4.78, 5) is 7.95. The SMILES string of the molecule is [CH2]/C=C(\F)c1ccc(-c2ccncn2)cc1. The first-order valence-corrected chi connectivity index (χ1v) is 4.83. The Bertz CT molecular complexity index is 489. The van der Waals surface area contributed by atoms with Crippen molar-refractivity contribution in [2.75, 3.05) is 0 Å². The zero-order valence-corrected chi connectivity index (χ0v) is 8.60. The van der Waals surface area contributed by atoms with Gasteiger partial charge >= 0.3 is 0 Å². The summed E-state index contributed by atoms with van der Waals surface area (Å²) in [5.74, 6) is -0.325. The van der Waals surface area contributed by atoms with Gasteiger partial charge in [0, 0.05) is 17.3 Å². The molecule has 0 unspecified atom stereocenters. The lowest BCUT2D eigenvalue weighted by Crippen LogP contribution is -1.84. The van der Waals surface area contributed by atoms with Crippen LogP contribution in [0.15, 0.2) is 48.9 Å². The van der Waals surface area contributed by atoms with Crippen LogP contribution in [-0.4, -0.2) is 9.97 Å². The summed E-state index contributed by atoms with van der Waals surface area (Å²) in [6.07, 6.45) is 4.35. The summed E-state index contributed by atoms with van der Waals surface area (Å²) in [6, 6.07) is 8.85. The Hall–Kier alpha value is -2.03. The highest BCUT2D eigenvalue weighted by Gasteiger charge is 2.01. The molecule has 0 atom stereocenters. The molecule has 2 nitrogen and oxygen atoms in total. The van der Waals surface area contributed by atoms with Crippen LogP contribution in [-0.2, 0) is 0 Å². The first-order valence-electron chi connectivity index (χ1n) is 4.83. The molecular weight excluding hydrogens is 203 g/mol. The van der Waals surface area contributed by atoms with Gasteiger partial charge in [-0.15, -0.1) is 0 Å². The molecule has 2 aromatic rings. The van der Waals surface area contributed by atoms with E-state index in [9.17, 15) is 4.39 Å². The molecule has 0 saturated carbocycles. The van der Waals surface area contributed by atoms with Gasteiger partial charge in [-0.2, -0.15) is 0 Å². The van der Waals surface area contributed by atoms with E-state index >= 15 is 0 Å². The maximum atomic E-state index is 13.2. The lowest BCUT2D eigenvalue weighted by molar-refractivity contribution is 0.760. The van der Waals surface area contributed by atoms with Crippen LogP contribution in [0.25, 0.3) is 17.1 Å². The van der Waals surface area contributed by atoms with Crippen LogP contribution in [0.1, 0.15) is 5.56 Å². The van der Waals surface area contributed by atoms with E-state index in [1.807, 2.05) is 18.2 Å². The van der Waals surface area contributed by atoms with Gasteiger partial charge in [-0.25, -0.2) is 14.4 Å². The largest absolute Gasteiger partial charge is 0.245 e. The van der Waals surface area contributed by atoms with Crippen LogP contribution >= 0.6 is 0 Å². The third-order valence-corrected chi connectivity index (χ3v) is 2.22. The van der Waals surface area contributed by atoms with E-state index in [0.717, 1.165) is 11.3 Å². The van der Waals surface area contributed by atoms with Crippen molar-refractivity contribution in [2.24, 2.45) is 0 Å². The predicted molar refractivity (Wildman–Crippen MR) is 61.9 cm³/mol. The molecule has 0 amide bonds. The van der Waals surface area contributed by atoms with Crippen molar-refractivity contribution in [1.29, 1.82) is 0 Å². The van der Waals surface area contributed by atoms with E-state index in [1.165, 1.54) is 12.4 Å². The van der Waals surface area contributed by atoms with E-state index in [2.05, 4.69) is 16.9 Å². The fraction of sp³-hybridized carbons (Fsp3) is 0. The Morgan fingerprint density at radius 3 is 2.50 bits per heavy atom. The molecule has 16 heavy (non-hydrogen) atoms. The number of hydrogen-bond donors (Lipinski definition) is 0. The Balaban J connectivity index is 2.34. The molecule has 0 N–H and O–H groups in total. The van der Waals surface area contributed by atoms with Crippen LogP contribution in [0.5, 0.6) is 0 Å². The normalized spacial score (nSPS) is 11.5. The van der Waals surface area contributed by atoms with E-state index in [-0.39, 0.29) is 5.83 Å². The van der Waals surface area contributed by atoms with Gasteiger partial charge in [0.05, 0.1) is 5.69 Å². The van der Waals surface area contributed by atoms with Crippen LogP contribution in [0.3, 0.4) is 0 Å². The molecule has 0 aliphatic heterocycles. The van der Waals surface area contributed by atoms with Crippen molar-refractivity contribution < 1.29 is 4.39 Å². The minimum atomic E-state index is -0.325. The van der Waals surface area contributed by atoms with Crippen molar-refractivity contribution in [1.82, 2.24) is 9.97 Å². The quantitative estimate of drug-likeness (QED) is 0.765. The third-order valence-electron chi connectivity index (χ3n) is 2.22. The second-order valence-corrected chi connectivity index (χ2v) is 3.22. The molecule has 0 fully saturated rings. The molecule has 79 valence electrons. The highest BCUT2D eigenvalue weighted by molar-refractivity contribution is 5.65. The maximum Gasteiger partial charge on any atom is 0.126 e. The lowest BCUT2D eigenvalue weighted by atomic mass is 10.1. The van der Waals surface area contributed by atoms with Gasteiger partial charge in [0.25, 0.3) is 0 Å². The standard InChI is InChI=1S/C13H10FN2/c1-2-12(14)10-3-5-11(6-4-10)13-7-8-15-9-16-13/h2-9H,1H2/b12-2-. The fourth-order valence-electron chi connectivity index (χ4n) is 1.38. The molecule has 1 aromatic heterocycles. The molecule has 1 heterocycles. The fourth-order valence-corrected chi connectivity index (χ4v) is 1.38. The molecule has 0 aliphatic rings. The molecule has 0 bridgehead atoms. The van der Waals surface area contributed by atoms with Gasteiger partial charge in [0.1, 0.15) is 12.2 Å². The smallest absolute Gasteiger partial charge is 0.126 e. The molecule has 0 saturated heterocycles. The van der Waals surface area contributed by atoms with Crippen molar-refractivity contribution >= 4 is 5.83 Å². The van der Waals surface area contributed by atoms with Gasteiger partial charge in [-0.3, -0.25) is 0 Å². The number of nitrogens with zero attached hydrogens (tertiary/aromatic N) is 2. The Labute approximate surface area is 93.5 Å². The van der Waals surface area contributed by atoms with Crippen molar-refractivity contribution in [3.8, 4) is 11.3 Å². The summed E-state index contributed by atoms with van der Waals surface area (Å²) in [5, 5.41) is 0. The minimum absolute atomic E-state index is 0.325. The average molecular weight is 213 g/mol. The van der Waals surface area contributed by atoms with E-state index in [0.29, 0.717) is 5.56 Å². The first-order chi connectivity index (χ1) is 7.81. The molecule has 2 rings (SSSR count). The summed E-state index contributed by atoms with van der Waals surface area (Å²) in [6.45, 7) is 3.38. The van der Waals surface area contributed by atoms with E-state index in [1.54, 1.807) is 18.3 Å². The number of aromatic nitrogens is 2. The molecule has 1 aromatic carbocycles. The second kappa shape index (κ2) is 4.66. The molecular formula is C13H10FN2. The predicted octanol–water partition coefficient (Wildman–Crippen LogP) is 3.29. The summed E-state index contributed by atoms with van der Waals surface area (Å²) in [5.41, 5.74) is 2.27. The highest BCUT2D eigenvalue weighted by Crippen LogP contribution is 2.20. The number of allylic oxidation sites excluding steroid dienone is 1. The molecule has 3 heteroatoms. The maximum absolute atomic E-state index is 13.2. The van der Waals surface area contributed by atoms with Gasteiger partial charge in [0.2, 0.25) is 0 Å². The zero-order valence-electron chi connectivity index (χ0n) is 8.60. The number of hydrogen-bond acceptors (Lipinski definition) is 2. The van der Waals surface area contributed by atoms with Gasteiger partial charge in [-0.05, 0) is 19.1 Å². The average Bonchev–Trinajstić information content (AvgIpc) is 2.39. The summed E-state index contributed by atoms with van der Waals surface area (Å²) < 4.78 is 13.2. The Morgan fingerprint density at radius 1 is 1.19 bits per heavy atom. The Kier molecular flexibility index (Phi) is 3.05. The van der Waals surface area contributed by atoms with Crippen LogP contribution < -0.4 is 0 Å². The van der Waals surface area contributed by atoms with Crippen molar-refractivity contribution in [2.45, 2.75) is 0 Å². The summed E-state index contributed by atoms with van der Waals surface area (Å²) in [7, 11) is 0. The zero-order chi connectivity index (χ0) is 11.4. The first kappa shape index (κ1) is 10.5. The van der Waals surface area contributed by atoms with Crippen LogP contribution in [0.2, 0.25) is 0 Å².